The smallest absolute Gasteiger partial charge is 0.203 e. The van der Waals surface area contributed by atoms with Gasteiger partial charge in [-0.25, -0.2) is 4.98 Å². The van der Waals surface area contributed by atoms with Gasteiger partial charge in [0, 0.05) is 21.8 Å². The highest BCUT2D eigenvalue weighted by Crippen LogP contribution is 2.23. The molecular formula is C17H20BrN3O3S. The van der Waals surface area contributed by atoms with Crippen molar-refractivity contribution in [3.05, 3.63) is 39.3 Å². The van der Waals surface area contributed by atoms with Crippen LogP contribution in [0.4, 0.5) is 5.13 Å². The van der Waals surface area contributed by atoms with Crippen molar-refractivity contribution in [3.8, 4) is 5.75 Å². The number of hydrogen-bond donors (Lipinski definition) is 1. The van der Waals surface area contributed by atoms with E-state index in [1.54, 1.807) is 6.21 Å². The molecule has 1 N–H and O–H groups in total. The fraction of sp³-hybridized carbons (Fsp3) is 0.412. The Balaban J connectivity index is 1.57. The second kappa shape index (κ2) is 9.28. The van der Waals surface area contributed by atoms with E-state index in [1.165, 1.54) is 11.3 Å². The van der Waals surface area contributed by atoms with Gasteiger partial charge in [0.05, 0.1) is 31.7 Å². The SMILES string of the molecule is Cc1csc(NN=Cc2cc(Br)ccc2OCCC2OCCCO2)n1. The molecule has 0 unspecified atom stereocenters. The molecule has 134 valence electrons. The number of hydrogen-bond acceptors (Lipinski definition) is 7. The Hall–Kier alpha value is -1.48. The Morgan fingerprint density at radius 1 is 1.44 bits per heavy atom. The minimum atomic E-state index is -0.170. The van der Waals surface area contributed by atoms with Crippen molar-refractivity contribution < 1.29 is 14.2 Å². The van der Waals surface area contributed by atoms with E-state index in [-0.39, 0.29) is 6.29 Å². The molecule has 0 amide bonds. The highest BCUT2D eigenvalue weighted by Gasteiger charge is 2.14. The predicted molar refractivity (Wildman–Crippen MR) is 103 cm³/mol. The lowest BCUT2D eigenvalue weighted by molar-refractivity contribution is -0.183. The number of anilines is 1. The first-order valence-electron chi connectivity index (χ1n) is 8.07. The molecule has 25 heavy (non-hydrogen) atoms. The molecule has 6 nitrogen and oxygen atoms in total. The normalized spacial score (nSPS) is 15.6. The molecule has 2 heterocycles. The average molecular weight is 426 g/mol. The number of thiazole rings is 1. The van der Waals surface area contributed by atoms with Crippen molar-refractivity contribution in [1.29, 1.82) is 0 Å². The van der Waals surface area contributed by atoms with E-state index in [2.05, 4.69) is 31.4 Å². The van der Waals surface area contributed by atoms with Gasteiger partial charge in [0.15, 0.2) is 6.29 Å². The van der Waals surface area contributed by atoms with Crippen molar-refractivity contribution in [2.75, 3.05) is 25.2 Å². The fourth-order valence-corrected chi connectivity index (χ4v) is 3.30. The van der Waals surface area contributed by atoms with Gasteiger partial charge in [-0.05, 0) is 31.5 Å². The van der Waals surface area contributed by atoms with Gasteiger partial charge >= 0.3 is 0 Å². The molecule has 0 aliphatic carbocycles. The Labute approximate surface area is 159 Å². The monoisotopic (exact) mass is 425 g/mol. The molecule has 1 fully saturated rings. The Morgan fingerprint density at radius 3 is 3.04 bits per heavy atom. The minimum absolute atomic E-state index is 0.170. The first kappa shape index (κ1) is 18.3. The molecule has 3 rings (SSSR count). The standard InChI is InChI=1S/C17H20BrN3O3S/c1-12-11-25-17(20-12)21-19-10-13-9-14(18)3-4-15(13)22-8-5-16-23-6-2-7-24-16/h3-4,9-11,16H,2,5-8H2,1H3,(H,20,21). The summed E-state index contributed by atoms with van der Waals surface area (Å²) in [6.45, 7) is 3.98. The number of aryl methyl sites for hydroxylation is 1. The van der Waals surface area contributed by atoms with E-state index in [4.69, 9.17) is 14.2 Å². The summed E-state index contributed by atoms with van der Waals surface area (Å²) in [5.74, 6) is 0.764. The first-order chi connectivity index (χ1) is 12.2. The van der Waals surface area contributed by atoms with E-state index in [1.807, 2.05) is 30.5 Å². The lowest BCUT2D eigenvalue weighted by Gasteiger charge is -2.23. The maximum atomic E-state index is 5.89. The summed E-state index contributed by atoms with van der Waals surface area (Å²) in [4.78, 5) is 4.31. The topological polar surface area (TPSA) is 65.0 Å². The number of halogens is 1. The fourth-order valence-electron chi connectivity index (χ4n) is 2.28. The molecule has 0 atom stereocenters. The van der Waals surface area contributed by atoms with Crippen LogP contribution in [-0.2, 0) is 9.47 Å². The summed E-state index contributed by atoms with van der Waals surface area (Å²) in [7, 11) is 0. The number of ether oxygens (including phenoxy) is 3. The maximum Gasteiger partial charge on any atom is 0.203 e. The molecule has 0 radical (unpaired) electrons. The number of hydrazone groups is 1. The van der Waals surface area contributed by atoms with E-state index < -0.39 is 0 Å². The van der Waals surface area contributed by atoms with E-state index in [9.17, 15) is 0 Å². The predicted octanol–water partition coefficient (Wildman–Crippen LogP) is 4.19. The Bertz CT molecular complexity index is 717. The molecular weight excluding hydrogens is 406 g/mol. The molecule has 0 spiro atoms. The lowest BCUT2D eigenvalue weighted by atomic mass is 10.2. The first-order valence-corrected chi connectivity index (χ1v) is 9.75. The minimum Gasteiger partial charge on any atom is -0.493 e. The van der Waals surface area contributed by atoms with Crippen molar-refractivity contribution in [3.63, 3.8) is 0 Å². The van der Waals surface area contributed by atoms with Gasteiger partial charge < -0.3 is 14.2 Å². The van der Waals surface area contributed by atoms with Crippen LogP contribution in [0.15, 0.2) is 33.2 Å². The molecule has 8 heteroatoms. The zero-order valence-corrected chi connectivity index (χ0v) is 16.3. The Kier molecular flexibility index (Phi) is 6.80. The van der Waals surface area contributed by atoms with Gasteiger partial charge in [-0.3, -0.25) is 5.43 Å². The van der Waals surface area contributed by atoms with Crippen LogP contribution in [0.5, 0.6) is 5.75 Å². The van der Waals surface area contributed by atoms with E-state index in [0.717, 1.165) is 46.2 Å². The van der Waals surface area contributed by atoms with Crippen LogP contribution < -0.4 is 10.2 Å². The van der Waals surface area contributed by atoms with Crippen LogP contribution in [0.25, 0.3) is 0 Å². The highest BCUT2D eigenvalue weighted by atomic mass is 79.9. The summed E-state index contributed by atoms with van der Waals surface area (Å²) in [5, 5.41) is 6.98. The molecule has 0 bridgehead atoms. The van der Waals surface area contributed by atoms with Crippen molar-refractivity contribution >= 4 is 38.6 Å². The third-order valence-electron chi connectivity index (χ3n) is 3.46. The van der Waals surface area contributed by atoms with Gasteiger partial charge in [-0.15, -0.1) is 11.3 Å². The molecule has 1 aromatic heterocycles. The summed E-state index contributed by atoms with van der Waals surface area (Å²) >= 11 is 5.00. The van der Waals surface area contributed by atoms with Crippen LogP contribution in [0, 0.1) is 6.92 Å². The largest absolute Gasteiger partial charge is 0.493 e. The number of nitrogens with zero attached hydrogens (tertiary/aromatic N) is 2. The summed E-state index contributed by atoms with van der Waals surface area (Å²) in [6, 6.07) is 5.82. The zero-order valence-electron chi connectivity index (χ0n) is 13.9. The van der Waals surface area contributed by atoms with E-state index >= 15 is 0 Å². The van der Waals surface area contributed by atoms with Crippen LogP contribution in [0.2, 0.25) is 0 Å². The van der Waals surface area contributed by atoms with Crippen LogP contribution in [-0.4, -0.2) is 37.3 Å². The number of benzene rings is 1. The van der Waals surface area contributed by atoms with Crippen LogP contribution >= 0.6 is 27.3 Å². The summed E-state index contributed by atoms with van der Waals surface area (Å²) < 4.78 is 17.9. The van der Waals surface area contributed by atoms with Gasteiger partial charge in [0.1, 0.15) is 5.75 Å². The van der Waals surface area contributed by atoms with Crippen molar-refractivity contribution in [2.45, 2.75) is 26.1 Å². The molecule has 1 aliphatic rings. The molecule has 0 saturated carbocycles. The van der Waals surface area contributed by atoms with Gasteiger partial charge in [0.25, 0.3) is 0 Å². The van der Waals surface area contributed by atoms with Gasteiger partial charge in [0.2, 0.25) is 5.13 Å². The number of rotatable bonds is 7. The van der Waals surface area contributed by atoms with Crippen molar-refractivity contribution in [2.24, 2.45) is 5.10 Å². The van der Waals surface area contributed by atoms with Crippen LogP contribution in [0.3, 0.4) is 0 Å². The van der Waals surface area contributed by atoms with E-state index in [0.29, 0.717) is 13.0 Å². The summed E-state index contributed by atoms with van der Waals surface area (Å²) in [5.41, 5.74) is 4.78. The molecule has 2 aromatic rings. The van der Waals surface area contributed by atoms with Gasteiger partial charge in [-0.2, -0.15) is 5.10 Å². The molecule has 1 aliphatic heterocycles. The highest BCUT2D eigenvalue weighted by molar-refractivity contribution is 9.10. The number of nitrogens with one attached hydrogen (secondary N) is 1. The molecule has 1 aromatic carbocycles. The van der Waals surface area contributed by atoms with Gasteiger partial charge in [-0.1, -0.05) is 15.9 Å². The molecule has 1 saturated heterocycles. The quantitative estimate of drug-likeness (QED) is 0.531. The Morgan fingerprint density at radius 2 is 2.28 bits per heavy atom. The summed E-state index contributed by atoms with van der Waals surface area (Å²) in [6.07, 6.45) is 3.21. The second-order valence-corrected chi connectivity index (χ2v) is 7.28. The average Bonchev–Trinajstić information content (AvgIpc) is 3.03. The zero-order chi connectivity index (χ0) is 17.5. The lowest BCUT2D eigenvalue weighted by Crippen LogP contribution is -2.26. The number of aromatic nitrogens is 1. The van der Waals surface area contributed by atoms with Crippen molar-refractivity contribution in [1.82, 2.24) is 4.98 Å². The third-order valence-corrected chi connectivity index (χ3v) is 4.82. The maximum absolute atomic E-state index is 5.89. The van der Waals surface area contributed by atoms with Crippen LogP contribution in [0.1, 0.15) is 24.1 Å². The third kappa shape index (κ3) is 5.78. The second-order valence-electron chi connectivity index (χ2n) is 5.51.